The summed E-state index contributed by atoms with van der Waals surface area (Å²) in [5.41, 5.74) is 2.26. The van der Waals surface area contributed by atoms with Gasteiger partial charge in [-0.1, -0.05) is 30.3 Å². The van der Waals surface area contributed by atoms with Gasteiger partial charge in [-0.2, -0.15) is 0 Å². The molecule has 4 nitrogen and oxygen atoms in total. The van der Waals surface area contributed by atoms with Crippen molar-refractivity contribution in [3.8, 4) is 10.4 Å². The molecule has 0 aliphatic rings. The lowest BCUT2D eigenvalue weighted by molar-refractivity contribution is -0.926. The molecule has 4 aromatic rings. The first-order valence-electron chi connectivity index (χ1n) is 9.08. The third-order valence-electron chi connectivity index (χ3n) is 4.71. The summed E-state index contributed by atoms with van der Waals surface area (Å²) in [5, 5.41) is 2.77. The average Bonchev–Trinajstić information content (AvgIpc) is 3.28. The Morgan fingerprint density at radius 3 is 2.63 bits per heavy atom. The van der Waals surface area contributed by atoms with Gasteiger partial charge in [-0.3, -0.25) is 4.79 Å². The number of aromatic amines is 1. The lowest BCUT2D eigenvalue weighted by atomic mass is 10.2. The van der Waals surface area contributed by atoms with E-state index in [2.05, 4.69) is 60.6 Å². The fourth-order valence-electron chi connectivity index (χ4n) is 3.27. The molecule has 3 aromatic heterocycles. The highest BCUT2D eigenvalue weighted by Crippen LogP contribution is 2.34. The zero-order chi connectivity index (χ0) is 18.8. The quantitative estimate of drug-likeness (QED) is 0.523. The Morgan fingerprint density at radius 1 is 1.11 bits per heavy atom. The van der Waals surface area contributed by atoms with Crippen LogP contribution in [0.15, 0.2) is 52.6 Å². The molecule has 6 heteroatoms. The van der Waals surface area contributed by atoms with Crippen LogP contribution in [0.5, 0.6) is 0 Å². The first-order chi connectivity index (χ1) is 13.1. The maximum atomic E-state index is 12.8. The minimum Gasteiger partial charge on any atom is -0.325 e. The molecule has 0 spiro atoms. The molecular formula is C21H22N3OS2+. The molecule has 0 aliphatic carbocycles. The number of hydrogen-bond acceptors (Lipinski definition) is 4. The summed E-state index contributed by atoms with van der Waals surface area (Å²) >= 11 is 3.26. The van der Waals surface area contributed by atoms with Gasteiger partial charge < -0.3 is 9.88 Å². The van der Waals surface area contributed by atoms with E-state index in [0.29, 0.717) is 11.9 Å². The number of hydrogen-bond donors (Lipinski definition) is 2. The molecule has 1 unspecified atom stereocenters. The molecule has 3 heterocycles. The number of thiophene rings is 2. The highest BCUT2D eigenvalue weighted by Gasteiger charge is 2.16. The number of quaternary nitrogens is 1. The molecule has 2 N–H and O–H groups in total. The first-order valence-corrected chi connectivity index (χ1v) is 10.8. The predicted molar refractivity (Wildman–Crippen MR) is 114 cm³/mol. The van der Waals surface area contributed by atoms with E-state index in [9.17, 15) is 4.79 Å². The number of fused-ring (bicyclic) bond motifs is 1. The van der Waals surface area contributed by atoms with Crippen molar-refractivity contribution in [3.63, 3.8) is 0 Å². The smallest absolute Gasteiger partial charge is 0.260 e. The first kappa shape index (κ1) is 18.1. The molecule has 0 saturated carbocycles. The SMILES string of the molecule is CC[NH+](Cc1ccccc1)Cc1nc2scc(-c3ccc(C)s3)c2c(=O)[nH]1. The second kappa shape index (κ2) is 7.76. The molecule has 27 heavy (non-hydrogen) atoms. The summed E-state index contributed by atoms with van der Waals surface area (Å²) in [5.74, 6) is 0.760. The van der Waals surface area contributed by atoms with Crippen LogP contribution in [-0.4, -0.2) is 16.5 Å². The molecule has 4 rings (SSSR count). The third kappa shape index (κ3) is 3.88. The number of H-pyrrole nitrogens is 1. The molecule has 0 amide bonds. The van der Waals surface area contributed by atoms with Gasteiger partial charge in [0, 0.05) is 26.3 Å². The van der Waals surface area contributed by atoms with Gasteiger partial charge in [0.1, 0.15) is 17.9 Å². The van der Waals surface area contributed by atoms with Crippen molar-refractivity contribution >= 4 is 32.9 Å². The highest BCUT2D eigenvalue weighted by atomic mass is 32.1. The fourth-order valence-corrected chi connectivity index (χ4v) is 5.19. The van der Waals surface area contributed by atoms with Crippen molar-refractivity contribution in [1.82, 2.24) is 9.97 Å². The van der Waals surface area contributed by atoms with Crippen molar-refractivity contribution in [1.29, 1.82) is 0 Å². The Morgan fingerprint density at radius 2 is 1.93 bits per heavy atom. The molecule has 0 saturated heterocycles. The number of nitrogens with zero attached hydrogens (tertiary/aromatic N) is 1. The van der Waals surface area contributed by atoms with Crippen LogP contribution in [0.2, 0.25) is 0 Å². The van der Waals surface area contributed by atoms with Gasteiger partial charge in [0.25, 0.3) is 5.56 Å². The van der Waals surface area contributed by atoms with E-state index in [-0.39, 0.29) is 5.56 Å². The average molecular weight is 397 g/mol. The number of benzene rings is 1. The molecule has 0 aliphatic heterocycles. The number of nitrogens with one attached hydrogen (secondary N) is 2. The van der Waals surface area contributed by atoms with E-state index in [1.165, 1.54) is 15.3 Å². The second-order valence-electron chi connectivity index (χ2n) is 6.70. The normalized spacial score (nSPS) is 12.5. The van der Waals surface area contributed by atoms with E-state index in [1.54, 1.807) is 22.7 Å². The van der Waals surface area contributed by atoms with Crippen molar-refractivity contribution in [3.05, 3.63) is 74.5 Å². The van der Waals surface area contributed by atoms with Gasteiger partial charge in [-0.25, -0.2) is 4.98 Å². The zero-order valence-electron chi connectivity index (χ0n) is 15.4. The second-order valence-corrected chi connectivity index (χ2v) is 8.84. The van der Waals surface area contributed by atoms with Crippen LogP contribution in [-0.2, 0) is 13.1 Å². The number of aromatic nitrogens is 2. The van der Waals surface area contributed by atoms with E-state index in [1.807, 2.05) is 6.07 Å². The Labute approximate surface area is 166 Å². The van der Waals surface area contributed by atoms with Crippen LogP contribution < -0.4 is 10.5 Å². The summed E-state index contributed by atoms with van der Waals surface area (Å²) in [4.78, 5) is 25.2. The minimum atomic E-state index is -0.0348. The molecule has 0 radical (unpaired) electrons. The molecule has 1 atom stereocenters. The van der Waals surface area contributed by atoms with Gasteiger partial charge in [-0.05, 0) is 26.0 Å². The van der Waals surface area contributed by atoms with Crippen LogP contribution in [0.3, 0.4) is 0 Å². The standard InChI is InChI=1S/C21H21N3OS2/c1-3-24(11-15-7-5-4-6-8-15)12-18-22-20(25)19-16(13-26-21(19)23-18)17-10-9-14(2)27-17/h4-10,13H,3,11-12H2,1-2H3,(H,22,23,25)/p+1. The zero-order valence-corrected chi connectivity index (χ0v) is 17.0. The lowest BCUT2D eigenvalue weighted by Gasteiger charge is -2.17. The van der Waals surface area contributed by atoms with Gasteiger partial charge in [0.2, 0.25) is 0 Å². The third-order valence-corrected chi connectivity index (χ3v) is 6.62. The van der Waals surface area contributed by atoms with Crippen molar-refractivity contribution in [2.24, 2.45) is 0 Å². The maximum absolute atomic E-state index is 12.8. The molecule has 1 aromatic carbocycles. The minimum absolute atomic E-state index is 0.0348. The fraction of sp³-hybridized carbons (Fsp3) is 0.238. The molecule has 0 fully saturated rings. The molecule has 0 bridgehead atoms. The Kier molecular flexibility index (Phi) is 5.20. The highest BCUT2D eigenvalue weighted by molar-refractivity contribution is 7.19. The maximum Gasteiger partial charge on any atom is 0.260 e. The van der Waals surface area contributed by atoms with E-state index >= 15 is 0 Å². The Balaban J connectivity index is 1.62. The van der Waals surface area contributed by atoms with E-state index in [0.717, 1.165) is 34.2 Å². The van der Waals surface area contributed by atoms with E-state index < -0.39 is 0 Å². The summed E-state index contributed by atoms with van der Waals surface area (Å²) in [7, 11) is 0. The van der Waals surface area contributed by atoms with Gasteiger partial charge in [0.15, 0.2) is 5.82 Å². The molecular weight excluding hydrogens is 374 g/mol. The van der Waals surface area contributed by atoms with Crippen molar-refractivity contribution < 1.29 is 4.90 Å². The van der Waals surface area contributed by atoms with Gasteiger partial charge in [-0.15, -0.1) is 22.7 Å². The largest absolute Gasteiger partial charge is 0.325 e. The summed E-state index contributed by atoms with van der Waals surface area (Å²) in [6.07, 6.45) is 0. The van der Waals surface area contributed by atoms with Crippen LogP contribution in [0.4, 0.5) is 0 Å². The van der Waals surface area contributed by atoms with Gasteiger partial charge in [0.05, 0.1) is 11.9 Å². The number of rotatable bonds is 6. The monoisotopic (exact) mass is 396 g/mol. The van der Waals surface area contributed by atoms with Crippen LogP contribution >= 0.6 is 22.7 Å². The van der Waals surface area contributed by atoms with Crippen LogP contribution in [0.1, 0.15) is 23.2 Å². The lowest BCUT2D eigenvalue weighted by Crippen LogP contribution is -3.09. The van der Waals surface area contributed by atoms with Crippen LogP contribution in [0, 0.1) is 6.92 Å². The van der Waals surface area contributed by atoms with Gasteiger partial charge >= 0.3 is 0 Å². The topological polar surface area (TPSA) is 50.2 Å². The van der Waals surface area contributed by atoms with Crippen LogP contribution in [0.25, 0.3) is 20.7 Å². The molecule has 138 valence electrons. The summed E-state index contributed by atoms with van der Waals surface area (Å²) < 4.78 is 0. The predicted octanol–water partition coefficient (Wildman–Crippen LogP) is 3.63. The van der Waals surface area contributed by atoms with E-state index in [4.69, 9.17) is 4.98 Å². The summed E-state index contributed by atoms with van der Waals surface area (Å²) in [6, 6.07) is 14.6. The van der Waals surface area contributed by atoms with Crippen molar-refractivity contribution in [2.75, 3.05) is 6.54 Å². The Bertz CT molecular complexity index is 1110. The summed E-state index contributed by atoms with van der Waals surface area (Å²) in [6.45, 7) is 6.85. The van der Waals surface area contributed by atoms with Crippen molar-refractivity contribution in [2.45, 2.75) is 26.9 Å². The Hall–Kier alpha value is -2.28. The number of aryl methyl sites for hydroxylation is 1.